The second-order valence-corrected chi connectivity index (χ2v) is 1.54. The number of nitrogens with zero attached hydrogens (tertiary/aromatic N) is 1. The van der Waals surface area contributed by atoms with E-state index >= 15 is 0 Å². The fourth-order valence-corrected chi connectivity index (χ4v) is 0.525. The summed E-state index contributed by atoms with van der Waals surface area (Å²) in [4.78, 5) is 3.81. The number of aromatic nitrogens is 1. The van der Waals surface area contributed by atoms with Crippen molar-refractivity contribution in [1.29, 1.82) is 0 Å². The lowest BCUT2D eigenvalue weighted by Gasteiger charge is -1.78. The van der Waals surface area contributed by atoms with Gasteiger partial charge in [0.2, 0.25) is 0 Å². The average Bonchev–Trinajstić information content (AvgIpc) is 2.19. The Bertz CT molecular complexity index is 159. The molecule has 0 N–H and O–H groups in total. The first kappa shape index (κ1) is 5.44. The summed E-state index contributed by atoms with van der Waals surface area (Å²) < 4.78 is 4.83. The molecule has 1 rings (SSSR count). The lowest BCUT2D eigenvalue weighted by Crippen LogP contribution is -1.80. The van der Waals surface area contributed by atoms with Gasteiger partial charge in [-0.2, -0.15) is 0 Å². The smallest absolute Gasteiger partial charge is 0.199 e. The summed E-state index contributed by atoms with van der Waals surface area (Å²) in [6.45, 7) is 0. The highest BCUT2D eigenvalue weighted by Gasteiger charge is 1.90. The molecule has 0 aromatic carbocycles. The largest absolute Gasteiger partial charge is 0.449 e. The summed E-state index contributed by atoms with van der Waals surface area (Å²) in [6, 6.07) is 0. The summed E-state index contributed by atoms with van der Waals surface area (Å²) in [6.07, 6.45) is 3.62. The van der Waals surface area contributed by atoms with Gasteiger partial charge in [0.1, 0.15) is 6.26 Å². The molecule has 1 radical (unpaired) electrons. The maximum absolute atomic E-state index is 4.83. The summed E-state index contributed by atoms with van der Waals surface area (Å²) in [5.41, 5.74) is 0. The van der Waals surface area contributed by atoms with E-state index in [1.165, 1.54) is 6.26 Å². The van der Waals surface area contributed by atoms with Crippen molar-refractivity contribution in [3.63, 3.8) is 0 Å². The van der Waals surface area contributed by atoms with Gasteiger partial charge in [0.15, 0.2) is 5.89 Å². The molecule has 0 aliphatic rings. The van der Waals surface area contributed by atoms with E-state index in [2.05, 4.69) is 22.6 Å². The van der Waals surface area contributed by atoms with E-state index in [1.54, 1.807) is 6.20 Å². The summed E-state index contributed by atoms with van der Waals surface area (Å²) >= 11 is 4.45. The molecule has 0 unspecified atom stereocenters. The van der Waals surface area contributed by atoms with Gasteiger partial charge in [-0.15, -0.1) is 0 Å². The summed E-state index contributed by atoms with van der Waals surface area (Å²) in [7, 11) is 0. The number of hydrogen-bond donors (Lipinski definition) is 0. The van der Waals surface area contributed by atoms with Crippen LogP contribution in [0.2, 0.25) is 0 Å². The van der Waals surface area contributed by atoms with Crippen LogP contribution in [0.1, 0.15) is 5.89 Å². The molecule has 0 saturated carbocycles. The normalized spacial score (nSPS) is 9.00. The third kappa shape index (κ3) is 1.13. The number of thiocarbonyl (C=S) groups is 1. The Morgan fingerprint density at radius 2 is 2.75 bits per heavy atom. The number of hydrogen-bond acceptors (Lipinski definition) is 3. The minimum absolute atomic E-state index is 0.516. The third-order valence-corrected chi connectivity index (χ3v) is 0.851. The lowest BCUT2D eigenvalue weighted by atomic mass is 10.5. The van der Waals surface area contributed by atoms with E-state index in [0.29, 0.717) is 12.3 Å². The van der Waals surface area contributed by atoms with Crippen LogP contribution in [0.4, 0.5) is 0 Å². The van der Waals surface area contributed by atoms with Crippen LogP contribution in [0.25, 0.3) is 0 Å². The van der Waals surface area contributed by atoms with Gasteiger partial charge in [-0.05, 0) is 0 Å². The van der Waals surface area contributed by atoms with Crippen LogP contribution >= 0.6 is 12.2 Å². The molecular formula is C5H4NOS. The topological polar surface area (TPSA) is 26.0 Å². The Labute approximate surface area is 52.5 Å². The van der Waals surface area contributed by atoms with E-state index in [0.717, 1.165) is 0 Å². The zero-order chi connectivity index (χ0) is 5.82. The van der Waals surface area contributed by atoms with Crippen molar-refractivity contribution in [2.45, 2.75) is 6.42 Å². The van der Waals surface area contributed by atoms with Gasteiger partial charge in [-0.1, -0.05) is 12.2 Å². The van der Waals surface area contributed by atoms with Gasteiger partial charge < -0.3 is 4.42 Å². The first-order valence-corrected chi connectivity index (χ1v) is 2.57. The molecule has 0 aliphatic heterocycles. The molecule has 1 heterocycles. The van der Waals surface area contributed by atoms with Crippen LogP contribution in [0.5, 0.6) is 0 Å². The highest BCUT2D eigenvalue weighted by Crippen LogP contribution is 1.92. The van der Waals surface area contributed by atoms with Gasteiger partial charge in [-0.25, -0.2) is 4.98 Å². The molecule has 0 fully saturated rings. The molecule has 0 spiro atoms. The molecule has 0 aliphatic carbocycles. The van der Waals surface area contributed by atoms with E-state index in [-0.39, 0.29) is 0 Å². The van der Waals surface area contributed by atoms with Crippen molar-refractivity contribution < 1.29 is 4.42 Å². The molecule has 1 aromatic heterocycles. The standard InChI is InChI=1S/C5H4NOS/c8-4-1-5-6-2-3-7-5/h2-3H,1H2. The molecule has 8 heavy (non-hydrogen) atoms. The molecule has 41 valence electrons. The molecule has 0 bridgehead atoms. The predicted octanol–water partition coefficient (Wildman–Crippen LogP) is 1.09. The minimum Gasteiger partial charge on any atom is -0.449 e. The fourth-order valence-electron chi connectivity index (χ4n) is 0.402. The van der Waals surface area contributed by atoms with Crippen LogP contribution in [0, 0.1) is 0 Å². The van der Waals surface area contributed by atoms with Crippen molar-refractivity contribution in [2.24, 2.45) is 0 Å². The number of oxazole rings is 1. The quantitative estimate of drug-likeness (QED) is 0.555. The third-order valence-electron chi connectivity index (χ3n) is 0.707. The predicted molar refractivity (Wildman–Crippen MR) is 32.8 cm³/mol. The van der Waals surface area contributed by atoms with Crippen LogP contribution in [-0.4, -0.2) is 10.4 Å². The molecule has 1 aromatic rings. The van der Waals surface area contributed by atoms with Gasteiger partial charge in [-0.3, -0.25) is 0 Å². The van der Waals surface area contributed by atoms with E-state index < -0.39 is 0 Å². The Morgan fingerprint density at radius 1 is 1.88 bits per heavy atom. The van der Waals surface area contributed by atoms with Crippen molar-refractivity contribution in [3.8, 4) is 0 Å². The summed E-state index contributed by atoms with van der Waals surface area (Å²) in [5.74, 6) is 0.625. The number of rotatable bonds is 2. The SMILES string of the molecule is S=[C]Cc1ncco1. The molecule has 3 heteroatoms. The van der Waals surface area contributed by atoms with Gasteiger partial charge in [0, 0.05) is 5.37 Å². The first-order valence-electron chi connectivity index (χ1n) is 2.17. The monoisotopic (exact) mass is 126 g/mol. The van der Waals surface area contributed by atoms with Crippen molar-refractivity contribution in [1.82, 2.24) is 4.98 Å². The van der Waals surface area contributed by atoms with Crippen LogP contribution < -0.4 is 0 Å². The Balaban J connectivity index is 2.62. The molecule has 2 nitrogen and oxygen atoms in total. The maximum atomic E-state index is 4.83. The second kappa shape index (κ2) is 2.57. The zero-order valence-corrected chi connectivity index (χ0v) is 4.94. The maximum Gasteiger partial charge on any atom is 0.199 e. The highest BCUT2D eigenvalue weighted by atomic mass is 32.1. The Kier molecular flexibility index (Phi) is 1.75. The highest BCUT2D eigenvalue weighted by molar-refractivity contribution is 7.78. The van der Waals surface area contributed by atoms with Crippen LogP contribution in [0.3, 0.4) is 0 Å². The van der Waals surface area contributed by atoms with Crippen LogP contribution in [0.15, 0.2) is 16.9 Å². The summed E-state index contributed by atoms with van der Waals surface area (Å²) in [5, 5.41) is 2.50. The van der Waals surface area contributed by atoms with E-state index in [9.17, 15) is 0 Å². The van der Waals surface area contributed by atoms with E-state index in [4.69, 9.17) is 4.42 Å². The Morgan fingerprint density at radius 3 is 3.25 bits per heavy atom. The van der Waals surface area contributed by atoms with Crippen molar-refractivity contribution in [2.75, 3.05) is 0 Å². The van der Waals surface area contributed by atoms with Gasteiger partial charge >= 0.3 is 0 Å². The van der Waals surface area contributed by atoms with Crippen LogP contribution in [-0.2, 0) is 6.42 Å². The molecular weight excluding hydrogens is 122 g/mol. The molecule has 0 atom stereocenters. The van der Waals surface area contributed by atoms with Crippen molar-refractivity contribution >= 4 is 17.6 Å². The lowest BCUT2D eigenvalue weighted by molar-refractivity contribution is 0.514. The first-order chi connectivity index (χ1) is 3.93. The van der Waals surface area contributed by atoms with E-state index in [1.807, 2.05) is 0 Å². The minimum atomic E-state index is 0.516. The van der Waals surface area contributed by atoms with Gasteiger partial charge in [0.25, 0.3) is 0 Å². The molecule has 0 saturated heterocycles. The fraction of sp³-hybridized carbons (Fsp3) is 0.200. The van der Waals surface area contributed by atoms with Gasteiger partial charge in [0.05, 0.1) is 12.6 Å². The Hall–Kier alpha value is -0.700. The molecule has 0 amide bonds. The second-order valence-electron chi connectivity index (χ2n) is 1.25. The zero-order valence-electron chi connectivity index (χ0n) is 4.13. The van der Waals surface area contributed by atoms with Crippen molar-refractivity contribution in [3.05, 3.63) is 18.4 Å². The average molecular weight is 126 g/mol.